The lowest BCUT2D eigenvalue weighted by molar-refractivity contribution is 0.660. The van der Waals surface area contributed by atoms with E-state index in [4.69, 9.17) is 0 Å². The van der Waals surface area contributed by atoms with Gasteiger partial charge in [0.25, 0.3) is 0 Å². The van der Waals surface area contributed by atoms with E-state index in [1.165, 1.54) is 217 Å². The maximum atomic E-state index is 2.54. The van der Waals surface area contributed by atoms with Gasteiger partial charge in [0.15, 0.2) is 0 Å². The first-order chi connectivity index (χ1) is 69.2. The Kier molecular flexibility index (Phi) is 21.6. The minimum absolute atomic E-state index is 0.0664. The van der Waals surface area contributed by atoms with E-state index in [2.05, 4.69) is 548 Å². The highest BCUT2D eigenvalue weighted by Crippen LogP contribution is 2.59. The Morgan fingerprint density at radius 3 is 0.787 bits per heavy atom. The van der Waals surface area contributed by atoms with Crippen molar-refractivity contribution in [2.75, 3.05) is 14.7 Å². The van der Waals surface area contributed by atoms with Gasteiger partial charge in [0, 0.05) is 96.5 Å². The van der Waals surface area contributed by atoms with Gasteiger partial charge in [0.1, 0.15) is 0 Å². The van der Waals surface area contributed by atoms with Crippen LogP contribution in [0.1, 0.15) is 74.9 Å². The summed E-state index contributed by atoms with van der Waals surface area (Å²) in [5.41, 5.74) is 41.0. The molecule has 24 aromatic rings. The quantitative estimate of drug-likeness (QED) is 0.101. The van der Waals surface area contributed by atoms with E-state index < -0.39 is 0 Å². The summed E-state index contributed by atoms with van der Waals surface area (Å²) in [6, 6.07) is 180. The first-order valence-corrected chi connectivity index (χ1v) is 51.3. The van der Waals surface area contributed by atoms with Crippen LogP contribution in [0.15, 0.2) is 491 Å². The number of para-hydroxylation sites is 2. The Morgan fingerprint density at radius 1 is 0.149 bits per heavy atom. The molecule has 21 aromatic carbocycles. The molecule has 3 aliphatic rings. The molecule has 0 N–H and O–H groups in total. The predicted molar refractivity (Wildman–Crippen MR) is 607 cm³/mol. The number of rotatable bonds is 15. The molecular formula is C135H99N3S3. The molecule has 0 aliphatic heterocycles. The molecule has 0 bridgehead atoms. The number of thiophene rings is 3. The van der Waals surface area contributed by atoms with Crippen LogP contribution < -0.4 is 14.7 Å². The molecule has 0 unspecified atom stereocenters. The first kappa shape index (κ1) is 86.3. The van der Waals surface area contributed by atoms with E-state index in [1.54, 1.807) is 0 Å². The van der Waals surface area contributed by atoms with E-state index >= 15 is 0 Å². The van der Waals surface area contributed by atoms with Crippen molar-refractivity contribution < 1.29 is 0 Å². The molecule has 0 atom stereocenters. The van der Waals surface area contributed by atoms with Crippen molar-refractivity contribution in [1.82, 2.24) is 0 Å². The molecule has 0 spiro atoms. The Bertz CT molecular complexity index is 8940. The summed E-state index contributed by atoms with van der Waals surface area (Å²) in [4.78, 5) is 7.52. The van der Waals surface area contributed by atoms with E-state index in [1.807, 2.05) is 34.0 Å². The second kappa shape index (κ2) is 35.3. The average Bonchev–Trinajstić information content (AvgIpc) is 1.58. The van der Waals surface area contributed by atoms with Gasteiger partial charge in [0.05, 0.1) is 42.5 Å². The molecule has 27 rings (SSSR count). The van der Waals surface area contributed by atoms with Crippen molar-refractivity contribution in [2.24, 2.45) is 0 Å². The van der Waals surface area contributed by atoms with Gasteiger partial charge in [-0.1, -0.05) is 412 Å². The van der Waals surface area contributed by atoms with E-state index in [0.29, 0.717) is 0 Å². The average molecular weight is 1860 g/mol. The van der Waals surface area contributed by atoms with E-state index in [9.17, 15) is 0 Å². The Hall–Kier alpha value is -16.3. The summed E-state index contributed by atoms with van der Waals surface area (Å²) < 4.78 is 7.78. The van der Waals surface area contributed by atoms with Gasteiger partial charge in [-0.2, -0.15) is 0 Å². The minimum Gasteiger partial charge on any atom is -0.309 e. The topological polar surface area (TPSA) is 9.72 Å². The highest BCUT2D eigenvalue weighted by atomic mass is 32.1. The van der Waals surface area contributed by atoms with Gasteiger partial charge in [-0.15, -0.1) is 34.0 Å². The molecule has 0 fully saturated rings. The third kappa shape index (κ3) is 15.1. The lowest BCUT2D eigenvalue weighted by Gasteiger charge is -2.31. The number of anilines is 9. The zero-order valence-electron chi connectivity index (χ0n) is 79.3. The third-order valence-electron chi connectivity index (χ3n) is 29.6. The van der Waals surface area contributed by atoms with Gasteiger partial charge in [-0.25, -0.2) is 0 Å². The fourth-order valence-electron chi connectivity index (χ4n) is 22.6. The van der Waals surface area contributed by atoms with Crippen LogP contribution in [-0.4, -0.2) is 0 Å². The van der Waals surface area contributed by atoms with Gasteiger partial charge < -0.3 is 14.7 Å². The van der Waals surface area contributed by atoms with Crippen molar-refractivity contribution in [3.63, 3.8) is 0 Å². The summed E-state index contributed by atoms with van der Waals surface area (Å²) in [5.74, 6) is 0. The second-order valence-corrected chi connectivity index (χ2v) is 42.1. The van der Waals surface area contributed by atoms with Crippen LogP contribution in [-0.2, 0) is 16.2 Å². The normalized spacial score (nSPS) is 13.1. The number of fused-ring (bicyclic) bond motifs is 18. The molecule has 672 valence electrons. The molecular weight excluding hydrogens is 1760 g/mol. The molecule has 3 aliphatic carbocycles. The van der Waals surface area contributed by atoms with Crippen molar-refractivity contribution in [1.29, 1.82) is 0 Å². The van der Waals surface area contributed by atoms with Gasteiger partial charge in [0.2, 0.25) is 0 Å². The monoisotopic (exact) mass is 1860 g/mol. The Morgan fingerprint density at radius 2 is 0.418 bits per heavy atom. The van der Waals surface area contributed by atoms with Crippen LogP contribution in [0.2, 0.25) is 0 Å². The van der Waals surface area contributed by atoms with Gasteiger partial charge >= 0.3 is 0 Å². The summed E-state index contributed by atoms with van der Waals surface area (Å²) in [6.45, 7) is 14.2. The zero-order valence-corrected chi connectivity index (χ0v) is 81.8. The molecule has 0 saturated carbocycles. The third-order valence-corrected chi connectivity index (χ3v) is 33.2. The van der Waals surface area contributed by atoms with Crippen LogP contribution in [0, 0.1) is 0 Å². The number of hydrogen-bond acceptors (Lipinski definition) is 6. The second-order valence-electron chi connectivity index (χ2n) is 38.9. The molecule has 0 radical (unpaired) electrons. The Labute approximate surface area is 836 Å². The summed E-state index contributed by atoms with van der Waals surface area (Å²) in [7, 11) is 0. The Balaban J connectivity index is 0.000000112. The van der Waals surface area contributed by atoms with Gasteiger partial charge in [-0.05, 0) is 244 Å². The van der Waals surface area contributed by atoms with Gasteiger partial charge in [-0.3, -0.25) is 0 Å². The lowest BCUT2D eigenvalue weighted by atomic mass is 9.82. The van der Waals surface area contributed by atoms with Crippen molar-refractivity contribution >= 4 is 146 Å². The van der Waals surface area contributed by atoms with Crippen molar-refractivity contribution in [2.45, 2.75) is 57.8 Å². The smallest absolute Gasteiger partial charge is 0.0646 e. The number of benzene rings is 21. The minimum atomic E-state index is -0.133. The zero-order chi connectivity index (χ0) is 94.6. The predicted octanol–water partition coefficient (Wildman–Crippen LogP) is 39.5. The summed E-state index contributed by atoms with van der Waals surface area (Å²) in [5, 5.41) is 7.77. The lowest BCUT2D eigenvalue weighted by Crippen LogP contribution is -2.17. The molecule has 141 heavy (non-hydrogen) atoms. The highest BCUT2D eigenvalue weighted by Gasteiger charge is 2.40. The van der Waals surface area contributed by atoms with Crippen LogP contribution in [0.4, 0.5) is 51.2 Å². The highest BCUT2D eigenvalue weighted by molar-refractivity contribution is 7.27. The molecule has 3 heterocycles. The van der Waals surface area contributed by atoms with Crippen molar-refractivity contribution in [3.05, 3.63) is 525 Å². The van der Waals surface area contributed by atoms with Crippen LogP contribution in [0.3, 0.4) is 0 Å². The SMILES string of the molecule is CC1(C)c2ccccc2-c2ccc(N(c3ccc(-c4ccccc4)cc3-c3ccccc3)c3cc(-c4ccccc4)cc4c3sc3ccccc34)cc21.CC1(C)c2ccccc2-c2ccc(N(c3ccccc3)c3cc(-c4ccccc4)cc4c3sc3ccccc34)cc21.CC1(C)c2ccccc2-c2ccc(N(c3ccccc3-c3ccccc3)c3cc(-c4ccccc4)cc4c3sc3ccccc34)cc21. The summed E-state index contributed by atoms with van der Waals surface area (Å²) in [6.07, 6.45) is 0. The fraction of sp³-hybridized carbons (Fsp3) is 0.0667. The maximum Gasteiger partial charge on any atom is 0.0646 e. The van der Waals surface area contributed by atoms with Crippen LogP contribution in [0.25, 0.3) is 161 Å². The van der Waals surface area contributed by atoms with Crippen LogP contribution in [0.5, 0.6) is 0 Å². The number of nitrogens with zero attached hydrogens (tertiary/aromatic N) is 3. The van der Waals surface area contributed by atoms with Crippen LogP contribution >= 0.6 is 34.0 Å². The largest absolute Gasteiger partial charge is 0.309 e. The van der Waals surface area contributed by atoms with E-state index in [0.717, 1.165) is 28.4 Å². The molecule has 6 heteroatoms. The molecule has 0 saturated heterocycles. The molecule has 0 amide bonds. The fourth-order valence-corrected chi connectivity index (χ4v) is 26.1. The summed E-state index contributed by atoms with van der Waals surface area (Å²) >= 11 is 5.65. The first-order valence-electron chi connectivity index (χ1n) is 48.8. The number of hydrogen-bond donors (Lipinski definition) is 0. The molecule has 3 aromatic heterocycles. The standard InChI is InChI=1S/C51H37NS.C45H33NS.C39H29NS/c1-51(2)45-24-14-12-22-40(45)41-28-27-39(33-46(41)51)52(47-29-26-37(34-16-6-3-7-17-34)30-43(47)36-20-10-5-11-21-36)48-32-38(35-18-8-4-9-19-35)31-44-42-23-13-15-25-49(42)53-50(44)48;1-45(2)39-22-12-9-20-35(39)36-26-25-33(29-40(36)45)46(41-23-13-10-19-34(41)31-17-7-4-8-18-31)42-28-32(30-15-5-3-6-16-30)27-38-37-21-11-14-24-43(37)47-44(38)42;1-39(2)34-19-11-9-17-30(34)31-22-21-29(25-35(31)39)40(28-15-7-4-8-16-28)36-24-27(26-13-5-3-6-14-26)23-33-32-18-10-12-20-37(32)41-38(33)36/h3-33H,1-2H3;3-29H,1-2H3;3-25H,1-2H3. The molecule has 3 nitrogen and oxygen atoms in total. The van der Waals surface area contributed by atoms with Crippen molar-refractivity contribution in [3.8, 4) is 100 Å². The maximum absolute atomic E-state index is 2.54. The van der Waals surface area contributed by atoms with E-state index in [-0.39, 0.29) is 16.2 Å².